The number of nitrogens with two attached hydrogens (primary N) is 1. The number of hydrogen-bond donors (Lipinski definition) is 1. The van der Waals surface area contributed by atoms with Gasteiger partial charge in [-0.15, -0.1) is 0 Å². The Morgan fingerprint density at radius 3 is 2.70 bits per heavy atom. The fraction of sp³-hybridized carbons (Fsp3) is 0.769. The summed E-state index contributed by atoms with van der Waals surface area (Å²) in [6.07, 6.45) is 4.66. The topological polar surface area (TPSA) is 80.4 Å². The molecule has 0 aliphatic carbocycles. The number of likely N-dealkylation sites (N-methyl/N-ethyl adjacent to an activating group) is 1. The minimum atomic E-state index is 0.293. The van der Waals surface area contributed by atoms with Crippen molar-refractivity contribution in [3.63, 3.8) is 0 Å². The van der Waals surface area contributed by atoms with Gasteiger partial charge in [0.15, 0.2) is 0 Å². The molecule has 1 atom stereocenters. The van der Waals surface area contributed by atoms with Gasteiger partial charge in [0.05, 0.1) is 12.6 Å². The first kappa shape index (κ1) is 13.4. The Hall–Kier alpha value is -1.63. The molecule has 0 saturated carbocycles. The molecule has 2 N–H and O–H groups in total. The molecule has 3 rings (SSSR count). The van der Waals surface area contributed by atoms with Gasteiger partial charge in [0.25, 0.3) is 0 Å². The zero-order valence-electron chi connectivity index (χ0n) is 12.0. The summed E-state index contributed by atoms with van der Waals surface area (Å²) in [6.45, 7) is 3.52. The first-order valence-corrected chi connectivity index (χ1v) is 7.31. The fourth-order valence-electron chi connectivity index (χ4n) is 2.75. The van der Waals surface area contributed by atoms with Crippen LogP contribution in [0.3, 0.4) is 0 Å². The summed E-state index contributed by atoms with van der Waals surface area (Å²) in [5, 5.41) is 0. The molecule has 1 aromatic rings. The Bertz CT molecular complexity index is 456. The highest BCUT2D eigenvalue weighted by Gasteiger charge is 2.24. The van der Waals surface area contributed by atoms with Crippen molar-refractivity contribution in [2.24, 2.45) is 0 Å². The van der Waals surface area contributed by atoms with E-state index < -0.39 is 0 Å². The second kappa shape index (κ2) is 5.78. The van der Waals surface area contributed by atoms with Gasteiger partial charge in [-0.2, -0.15) is 15.0 Å². The molecule has 0 bridgehead atoms. The van der Waals surface area contributed by atoms with Crippen LogP contribution in [0.25, 0.3) is 0 Å². The molecule has 0 amide bonds. The Labute approximate surface area is 119 Å². The lowest BCUT2D eigenvalue weighted by Gasteiger charge is -2.28. The van der Waals surface area contributed by atoms with E-state index in [-0.39, 0.29) is 0 Å². The zero-order valence-corrected chi connectivity index (χ0v) is 12.0. The molecular formula is C13H22N6O. The molecule has 20 heavy (non-hydrogen) atoms. The van der Waals surface area contributed by atoms with Gasteiger partial charge in [0, 0.05) is 26.7 Å². The van der Waals surface area contributed by atoms with Crippen LogP contribution in [0.4, 0.5) is 17.8 Å². The standard InChI is InChI=1S/C13H22N6O/c1-18(10-5-8-20-9-10)12-15-11(14)16-13(17-12)19-6-3-2-4-7-19/h10H,2-9H2,1H3,(H2,14,15,16,17). The number of nitrogens with zero attached hydrogens (tertiary/aromatic N) is 5. The Balaban J connectivity index is 1.81. The molecule has 0 spiro atoms. The molecule has 2 saturated heterocycles. The maximum absolute atomic E-state index is 5.86. The number of hydrogen-bond acceptors (Lipinski definition) is 7. The van der Waals surface area contributed by atoms with E-state index in [4.69, 9.17) is 10.5 Å². The van der Waals surface area contributed by atoms with E-state index in [1.165, 1.54) is 19.3 Å². The molecule has 2 aliphatic heterocycles. The second-order valence-electron chi connectivity index (χ2n) is 5.47. The largest absolute Gasteiger partial charge is 0.379 e. The van der Waals surface area contributed by atoms with Crippen LogP contribution in [0.15, 0.2) is 0 Å². The molecule has 0 aromatic carbocycles. The highest BCUT2D eigenvalue weighted by Crippen LogP contribution is 2.21. The first-order valence-electron chi connectivity index (χ1n) is 7.31. The quantitative estimate of drug-likeness (QED) is 0.870. The number of ether oxygens (including phenoxy) is 1. The lowest BCUT2D eigenvalue weighted by atomic mass is 10.1. The van der Waals surface area contributed by atoms with Crippen LogP contribution in [0.2, 0.25) is 0 Å². The minimum Gasteiger partial charge on any atom is -0.379 e. The van der Waals surface area contributed by atoms with Crippen LogP contribution < -0.4 is 15.5 Å². The Kier molecular flexibility index (Phi) is 3.86. The summed E-state index contributed by atoms with van der Waals surface area (Å²) in [5.41, 5.74) is 5.86. The zero-order chi connectivity index (χ0) is 13.9. The molecule has 0 radical (unpaired) electrons. The summed E-state index contributed by atoms with van der Waals surface area (Å²) in [5.74, 6) is 1.65. The summed E-state index contributed by atoms with van der Waals surface area (Å²) < 4.78 is 5.42. The minimum absolute atomic E-state index is 0.293. The highest BCUT2D eigenvalue weighted by atomic mass is 16.5. The van der Waals surface area contributed by atoms with Gasteiger partial charge in [0.2, 0.25) is 17.8 Å². The van der Waals surface area contributed by atoms with E-state index in [0.717, 1.165) is 32.7 Å². The van der Waals surface area contributed by atoms with Crippen molar-refractivity contribution < 1.29 is 4.74 Å². The third-order valence-corrected chi connectivity index (χ3v) is 4.04. The normalized spacial score (nSPS) is 23.1. The van der Waals surface area contributed by atoms with Crippen LogP contribution >= 0.6 is 0 Å². The van der Waals surface area contributed by atoms with Crippen LogP contribution in [0.1, 0.15) is 25.7 Å². The number of rotatable bonds is 3. The van der Waals surface area contributed by atoms with Gasteiger partial charge >= 0.3 is 0 Å². The number of nitrogen functional groups attached to an aromatic ring is 1. The van der Waals surface area contributed by atoms with Crippen molar-refractivity contribution in [2.75, 3.05) is 48.9 Å². The van der Waals surface area contributed by atoms with Gasteiger partial charge < -0.3 is 20.3 Å². The number of anilines is 3. The number of aromatic nitrogens is 3. The van der Waals surface area contributed by atoms with Crippen molar-refractivity contribution in [3.05, 3.63) is 0 Å². The summed E-state index contributed by atoms with van der Waals surface area (Å²) in [6, 6.07) is 0.325. The molecular weight excluding hydrogens is 256 g/mol. The lowest BCUT2D eigenvalue weighted by molar-refractivity contribution is 0.193. The molecule has 7 nitrogen and oxygen atoms in total. The average Bonchev–Trinajstić information content (AvgIpc) is 3.01. The van der Waals surface area contributed by atoms with E-state index in [1.807, 2.05) is 7.05 Å². The molecule has 1 aromatic heterocycles. The molecule has 110 valence electrons. The van der Waals surface area contributed by atoms with E-state index in [0.29, 0.717) is 23.9 Å². The first-order chi connectivity index (χ1) is 9.74. The van der Waals surface area contributed by atoms with E-state index in [2.05, 4.69) is 24.8 Å². The fourth-order valence-corrected chi connectivity index (χ4v) is 2.75. The van der Waals surface area contributed by atoms with Gasteiger partial charge in [0.1, 0.15) is 0 Å². The van der Waals surface area contributed by atoms with Gasteiger partial charge in [-0.05, 0) is 25.7 Å². The summed E-state index contributed by atoms with van der Waals surface area (Å²) in [4.78, 5) is 17.4. The third kappa shape index (κ3) is 2.77. The van der Waals surface area contributed by atoms with Crippen LogP contribution in [-0.2, 0) is 4.74 Å². The van der Waals surface area contributed by atoms with Crippen LogP contribution in [0.5, 0.6) is 0 Å². The monoisotopic (exact) mass is 278 g/mol. The van der Waals surface area contributed by atoms with Crippen molar-refractivity contribution in [3.8, 4) is 0 Å². The smallest absolute Gasteiger partial charge is 0.232 e. The lowest BCUT2D eigenvalue weighted by Crippen LogP contribution is -2.35. The SMILES string of the molecule is CN(c1nc(N)nc(N2CCCCC2)n1)C1CCOC1. The average molecular weight is 278 g/mol. The van der Waals surface area contributed by atoms with Gasteiger partial charge in [-0.1, -0.05) is 0 Å². The summed E-state index contributed by atoms with van der Waals surface area (Å²) >= 11 is 0. The molecule has 1 unspecified atom stereocenters. The van der Waals surface area contributed by atoms with Crippen LogP contribution in [0, 0.1) is 0 Å². The van der Waals surface area contributed by atoms with Crippen molar-refractivity contribution >= 4 is 17.8 Å². The maximum Gasteiger partial charge on any atom is 0.232 e. The van der Waals surface area contributed by atoms with Crippen LogP contribution in [-0.4, -0.2) is 54.3 Å². The Morgan fingerprint density at radius 2 is 2.00 bits per heavy atom. The second-order valence-corrected chi connectivity index (χ2v) is 5.47. The highest BCUT2D eigenvalue weighted by molar-refractivity contribution is 5.44. The number of piperidine rings is 1. The van der Waals surface area contributed by atoms with Crippen molar-refractivity contribution in [1.82, 2.24) is 15.0 Å². The molecule has 2 aliphatic rings. The molecule has 3 heterocycles. The van der Waals surface area contributed by atoms with E-state index in [1.54, 1.807) is 0 Å². The van der Waals surface area contributed by atoms with E-state index >= 15 is 0 Å². The maximum atomic E-state index is 5.86. The summed E-state index contributed by atoms with van der Waals surface area (Å²) in [7, 11) is 1.99. The predicted octanol–water partition coefficient (Wildman–Crippen LogP) is 0.669. The Morgan fingerprint density at radius 1 is 1.20 bits per heavy atom. The van der Waals surface area contributed by atoms with E-state index in [9.17, 15) is 0 Å². The molecule has 2 fully saturated rings. The van der Waals surface area contributed by atoms with Gasteiger partial charge in [-0.3, -0.25) is 0 Å². The van der Waals surface area contributed by atoms with Crippen molar-refractivity contribution in [1.29, 1.82) is 0 Å². The van der Waals surface area contributed by atoms with Crippen molar-refractivity contribution in [2.45, 2.75) is 31.7 Å². The predicted molar refractivity (Wildman–Crippen MR) is 77.9 cm³/mol. The van der Waals surface area contributed by atoms with Gasteiger partial charge in [-0.25, -0.2) is 0 Å². The molecule has 7 heteroatoms. The third-order valence-electron chi connectivity index (χ3n) is 4.04.